The van der Waals surface area contributed by atoms with Gasteiger partial charge in [0.15, 0.2) is 0 Å². The van der Waals surface area contributed by atoms with E-state index in [9.17, 15) is 14.4 Å². The lowest BCUT2D eigenvalue weighted by atomic mass is 10.0. The molecule has 2 aliphatic rings. The van der Waals surface area contributed by atoms with E-state index < -0.39 is 12.1 Å². The molecule has 4 amide bonds. The second-order valence-electron chi connectivity index (χ2n) is 6.53. The van der Waals surface area contributed by atoms with Crippen LogP contribution in [0.5, 0.6) is 5.75 Å². The lowest BCUT2D eigenvalue weighted by Gasteiger charge is -2.36. The van der Waals surface area contributed by atoms with E-state index in [1.165, 1.54) is 0 Å². The number of benzene rings is 2. The number of imide groups is 1. The average Bonchev–Trinajstić information content (AvgIpc) is 3.12. The number of hydrogen-bond acceptors (Lipinski definition) is 4. The Morgan fingerprint density at radius 3 is 2.44 bits per heavy atom. The summed E-state index contributed by atoms with van der Waals surface area (Å²) in [6.45, 7) is 0.412. The fourth-order valence-corrected chi connectivity index (χ4v) is 3.65. The van der Waals surface area contributed by atoms with Crippen LogP contribution in [0, 0.1) is 0 Å². The Balaban J connectivity index is 1.62. The molecule has 0 bridgehead atoms. The highest BCUT2D eigenvalue weighted by Crippen LogP contribution is 2.29. The zero-order valence-corrected chi connectivity index (χ0v) is 14.8. The number of fused-ring (bicyclic) bond motifs is 1. The Morgan fingerprint density at radius 1 is 1.07 bits per heavy atom. The third kappa shape index (κ3) is 2.91. The van der Waals surface area contributed by atoms with Crippen molar-refractivity contribution in [2.45, 2.75) is 18.5 Å². The van der Waals surface area contributed by atoms with E-state index >= 15 is 0 Å². The molecule has 2 aromatic rings. The molecule has 2 atom stereocenters. The molecule has 0 saturated carbocycles. The van der Waals surface area contributed by atoms with Crippen LogP contribution in [0.3, 0.4) is 0 Å². The van der Waals surface area contributed by atoms with Crippen molar-refractivity contribution in [2.24, 2.45) is 0 Å². The summed E-state index contributed by atoms with van der Waals surface area (Å²) < 4.78 is 5.12. The molecule has 2 unspecified atom stereocenters. The van der Waals surface area contributed by atoms with Gasteiger partial charge in [-0.05, 0) is 42.8 Å². The fourth-order valence-electron chi connectivity index (χ4n) is 3.65. The second-order valence-corrected chi connectivity index (χ2v) is 6.53. The number of likely N-dealkylation sites (tertiary alicyclic amines) is 1. The summed E-state index contributed by atoms with van der Waals surface area (Å²) in [7, 11) is 1.56. The molecule has 27 heavy (non-hydrogen) atoms. The van der Waals surface area contributed by atoms with Crippen molar-refractivity contribution in [3.8, 4) is 5.75 Å². The number of methoxy groups -OCH3 is 1. The van der Waals surface area contributed by atoms with Crippen LogP contribution in [-0.4, -0.2) is 48.5 Å². The number of ether oxygens (including phenoxy) is 1. The van der Waals surface area contributed by atoms with E-state index in [2.05, 4.69) is 5.32 Å². The summed E-state index contributed by atoms with van der Waals surface area (Å²) in [5.74, 6) is 0.0408. The molecule has 0 aliphatic carbocycles. The van der Waals surface area contributed by atoms with Gasteiger partial charge in [-0.25, -0.2) is 9.69 Å². The lowest BCUT2D eigenvalue weighted by Crippen LogP contribution is -2.65. The summed E-state index contributed by atoms with van der Waals surface area (Å²) in [4.78, 5) is 41.2. The van der Waals surface area contributed by atoms with Crippen LogP contribution in [0.2, 0.25) is 0 Å². The van der Waals surface area contributed by atoms with Crippen molar-refractivity contribution in [3.63, 3.8) is 0 Å². The van der Waals surface area contributed by atoms with Crippen LogP contribution in [0.15, 0.2) is 54.6 Å². The van der Waals surface area contributed by atoms with Crippen LogP contribution in [0.4, 0.5) is 10.5 Å². The van der Waals surface area contributed by atoms with Crippen molar-refractivity contribution in [2.75, 3.05) is 18.6 Å². The Kier molecular flexibility index (Phi) is 4.27. The van der Waals surface area contributed by atoms with Crippen molar-refractivity contribution >= 4 is 23.5 Å². The third-order valence-corrected chi connectivity index (χ3v) is 5.00. The van der Waals surface area contributed by atoms with Crippen molar-refractivity contribution in [1.82, 2.24) is 10.2 Å². The standard InChI is InChI=1S/C20H19N3O4/c1-27-15-9-7-13(8-10-15)18(24)22-12-11-16-17(22)19(25)23(20(26)21-16)14-5-3-2-4-6-14/h2-10,16-17H,11-12H2,1H3,(H,21,26). The van der Waals surface area contributed by atoms with Gasteiger partial charge in [0.05, 0.1) is 18.8 Å². The minimum atomic E-state index is -0.711. The van der Waals surface area contributed by atoms with Gasteiger partial charge in [0.2, 0.25) is 0 Å². The Bertz CT molecular complexity index is 882. The third-order valence-electron chi connectivity index (χ3n) is 5.00. The average molecular weight is 365 g/mol. The number of amides is 4. The van der Waals surface area contributed by atoms with E-state index in [1.807, 2.05) is 6.07 Å². The van der Waals surface area contributed by atoms with Crippen LogP contribution in [0.25, 0.3) is 0 Å². The van der Waals surface area contributed by atoms with E-state index in [1.54, 1.807) is 60.5 Å². The van der Waals surface area contributed by atoms with Crippen LogP contribution >= 0.6 is 0 Å². The normalized spacial score (nSPS) is 21.7. The molecule has 0 spiro atoms. The first-order valence-electron chi connectivity index (χ1n) is 8.74. The summed E-state index contributed by atoms with van der Waals surface area (Å²) in [6.07, 6.45) is 0.548. The first-order valence-corrected chi connectivity index (χ1v) is 8.74. The van der Waals surface area contributed by atoms with Gasteiger partial charge in [0.1, 0.15) is 11.8 Å². The predicted molar refractivity (Wildman–Crippen MR) is 98.7 cm³/mol. The first-order chi connectivity index (χ1) is 13.1. The fraction of sp³-hybridized carbons (Fsp3) is 0.250. The van der Waals surface area contributed by atoms with Crippen molar-refractivity contribution in [1.29, 1.82) is 0 Å². The highest BCUT2D eigenvalue weighted by molar-refractivity contribution is 6.19. The maximum Gasteiger partial charge on any atom is 0.329 e. The van der Waals surface area contributed by atoms with Gasteiger partial charge in [0.25, 0.3) is 11.8 Å². The van der Waals surface area contributed by atoms with Crippen LogP contribution < -0.4 is 15.0 Å². The number of carbonyl (C=O) groups is 3. The molecule has 0 radical (unpaired) electrons. The van der Waals surface area contributed by atoms with Gasteiger partial charge in [-0.2, -0.15) is 0 Å². The molecule has 138 valence electrons. The zero-order chi connectivity index (χ0) is 19.0. The summed E-state index contributed by atoms with van der Waals surface area (Å²) in [5.41, 5.74) is 0.967. The van der Waals surface area contributed by atoms with Gasteiger partial charge in [0, 0.05) is 12.1 Å². The number of para-hydroxylation sites is 1. The summed E-state index contributed by atoms with van der Waals surface area (Å²) in [5, 5.41) is 2.86. The SMILES string of the molecule is COc1ccc(C(=O)N2CCC3NC(=O)N(c4ccccc4)C(=O)C32)cc1. The maximum absolute atomic E-state index is 13.1. The van der Waals surface area contributed by atoms with Gasteiger partial charge >= 0.3 is 6.03 Å². The van der Waals surface area contributed by atoms with Crippen LogP contribution in [-0.2, 0) is 4.79 Å². The van der Waals surface area contributed by atoms with Gasteiger partial charge in [-0.15, -0.1) is 0 Å². The molecule has 2 fully saturated rings. The Labute approximate surface area is 156 Å². The molecule has 4 rings (SSSR count). The predicted octanol–water partition coefficient (Wildman–Crippen LogP) is 2.03. The van der Waals surface area contributed by atoms with Gasteiger partial charge in [-0.1, -0.05) is 18.2 Å². The Hall–Kier alpha value is -3.35. The molecular weight excluding hydrogens is 346 g/mol. The largest absolute Gasteiger partial charge is 0.497 e. The number of anilines is 1. The Morgan fingerprint density at radius 2 is 1.78 bits per heavy atom. The summed E-state index contributed by atoms with van der Waals surface area (Å²) >= 11 is 0. The number of carbonyl (C=O) groups excluding carboxylic acids is 3. The smallest absolute Gasteiger partial charge is 0.329 e. The number of urea groups is 1. The number of rotatable bonds is 3. The number of hydrogen-bond donors (Lipinski definition) is 1. The van der Waals surface area contributed by atoms with Crippen molar-refractivity contribution < 1.29 is 19.1 Å². The molecule has 1 N–H and O–H groups in total. The van der Waals surface area contributed by atoms with E-state index in [0.29, 0.717) is 30.0 Å². The van der Waals surface area contributed by atoms with Crippen LogP contribution in [0.1, 0.15) is 16.8 Å². The lowest BCUT2D eigenvalue weighted by molar-refractivity contribution is -0.122. The maximum atomic E-state index is 13.1. The van der Waals surface area contributed by atoms with Gasteiger partial charge < -0.3 is 15.0 Å². The first kappa shape index (κ1) is 17.1. The topological polar surface area (TPSA) is 79.0 Å². The molecule has 7 nitrogen and oxygen atoms in total. The second kappa shape index (κ2) is 6.75. The van der Waals surface area contributed by atoms with Gasteiger partial charge in [-0.3, -0.25) is 9.59 Å². The molecule has 7 heteroatoms. The highest BCUT2D eigenvalue weighted by atomic mass is 16.5. The molecular formula is C20H19N3O4. The molecule has 2 aromatic carbocycles. The van der Waals surface area contributed by atoms with E-state index in [0.717, 1.165) is 4.90 Å². The highest BCUT2D eigenvalue weighted by Gasteiger charge is 2.49. The van der Waals surface area contributed by atoms with E-state index in [4.69, 9.17) is 4.74 Å². The minimum Gasteiger partial charge on any atom is -0.497 e. The number of nitrogens with zero attached hydrogens (tertiary/aromatic N) is 2. The molecule has 2 heterocycles. The minimum absolute atomic E-state index is 0.234. The molecule has 2 saturated heterocycles. The van der Waals surface area contributed by atoms with Crippen molar-refractivity contribution in [3.05, 3.63) is 60.2 Å². The monoisotopic (exact) mass is 365 g/mol. The number of nitrogens with one attached hydrogen (secondary N) is 1. The summed E-state index contributed by atoms with van der Waals surface area (Å²) in [6, 6.07) is 14.0. The van der Waals surface area contributed by atoms with E-state index in [-0.39, 0.29) is 17.9 Å². The molecule has 0 aromatic heterocycles. The quantitative estimate of drug-likeness (QED) is 0.903. The zero-order valence-electron chi connectivity index (χ0n) is 14.8. The molecule has 2 aliphatic heterocycles.